The molecule has 0 saturated heterocycles. The van der Waals surface area contributed by atoms with Crippen molar-refractivity contribution in [1.82, 2.24) is 19.5 Å². The predicted octanol–water partition coefficient (Wildman–Crippen LogP) is 8.35. The van der Waals surface area contributed by atoms with E-state index in [1.54, 1.807) is 12.1 Å². The zero-order valence-electron chi connectivity index (χ0n) is 24.1. The molecule has 7 aromatic rings. The number of fused-ring (bicyclic) bond motifs is 6. The molecule has 6 nitrogen and oxygen atoms in total. The molecule has 0 atom stereocenters. The molecular weight excluding hydrogens is 540 g/mol. The Kier molecular flexibility index (Phi) is 5.50. The molecule has 0 bridgehead atoms. The van der Waals surface area contributed by atoms with Crippen molar-refractivity contribution in [3.63, 3.8) is 0 Å². The lowest BCUT2D eigenvalue weighted by Gasteiger charge is -2.21. The summed E-state index contributed by atoms with van der Waals surface area (Å²) in [6.07, 6.45) is 0. The van der Waals surface area contributed by atoms with Crippen LogP contribution >= 0.6 is 0 Å². The summed E-state index contributed by atoms with van der Waals surface area (Å²) in [6.45, 7) is 4.53. The van der Waals surface area contributed by atoms with Gasteiger partial charge in [-0.3, -0.25) is 4.57 Å². The first-order chi connectivity index (χ1) is 21.5. The Morgan fingerprint density at radius 1 is 0.568 bits per heavy atom. The van der Waals surface area contributed by atoms with E-state index in [0.29, 0.717) is 28.7 Å². The Morgan fingerprint density at radius 2 is 1.25 bits per heavy atom. The Morgan fingerprint density at radius 3 is 2.07 bits per heavy atom. The van der Waals surface area contributed by atoms with Gasteiger partial charge in [-0.05, 0) is 64.7 Å². The number of rotatable bonds is 3. The largest absolute Gasteiger partial charge is 0.278 e. The number of nitrogens with zero attached hydrogens (tertiary/aromatic N) is 6. The first kappa shape index (κ1) is 25.6. The van der Waals surface area contributed by atoms with Crippen molar-refractivity contribution in [2.75, 3.05) is 0 Å². The molecular formula is C38H24N6. The molecule has 0 fully saturated rings. The second kappa shape index (κ2) is 9.46. The van der Waals surface area contributed by atoms with E-state index in [1.165, 1.54) is 22.3 Å². The standard InChI is InChI=1S/C38H24N6/c1-38(2)31-12-5-3-10-27(31)29-20-26(15-16-32(29)38)36-41-35(25-9-7-8-23(18-25)21-39)42-37(43-36)44-33-13-6-4-11-28(33)30-19-24(22-40)14-17-34(30)44/h3-20H,1-2H3. The van der Waals surface area contributed by atoms with Crippen LogP contribution in [0.3, 0.4) is 0 Å². The van der Waals surface area contributed by atoms with Gasteiger partial charge in [-0.25, -0.2) is 4.98 Å². The van der Waals surface area contributed by atoms with Crippen molar-refractivity contribution >= 4 is 21.8 Å². The number of aromatic nitrogens is 4. The van der Waals surface area contributed by atoms with Crippen molar-refractivity contribution in [2.45, 2.75) is 19.3 Å². The van der Waals surface area contributed by atoms with Crippen LogP contribution in [0.5, 0.6) is 0 Å². The van der Waals surface area contributed by atoms with Crippen LogP contribution < -0.4 is 0 Å². The number of hydrogen-bond acceptors (Lipinski definition) is 5. The average molecular weight is 565 g/mol. The van der Waals surface area contributed by atoms with E-state index >= 15 is 0 Å². The van der Waals surface area contributed by atoms with Gasteiger partial charge in [-0.15, -0.1) is 0 Å². The van der Waals surface area contributed by atoms with Crippen molar-refractivity contribution in [2.24, 2.45) is 0 Å². The van der Waals surface area contributed by atoms with Crippen LogP contribution in [-0.2, 0) is 5.41 Å². The highest BCUT2D eigenvalue weighted by Gasteiger charge is 2.35. The predicted molar refractivity (Wildman–Crippen MR) is 172 cm³/mol. The molecule has 1 aliphatic carbocycles. The number of para-hydroxylation sites is 1. The molecule has 0 amide bonds. The van der Waals surface area contributed by atoms with Crippen LogP contribution in [0.2, 0.25) is 0 Å². The first-order valence-electron chi connectivity index (χ1n) is 14.4. The zero-order valence-corrected chi connectivity index (χ0v) is 24.1. The number of benzene rings is 5. The minimum absolute atomic E-state index is 0.108. The maximum absolute atomic E-state index is 9.61. The topological polar surface area (TPSA) is 91.2 Å². The number of nitriles is 2. The summed E-state index contributed by atoms with van der Waals surface area (Å²) < 4.78 is 2.03. The normalized spacial score (nSPS) is 12.9. The molecule has 5 aromatic carbocycles. The van der Waals surface area contributed by atoms with E-state index in [-0.39, 0.29) is 5.41 Å². The highest BCUT2D eigenvalue weighted by molar-refractivity contribution is 6.09. The molecule has 0 unspecified atom stereocenters. The fourth-order valence-corrected chi connectivity index (χ4v) is 6.57. The summed E-state index contributed by atoms with van der Waals surface area (Å²) >= 11 is 0. The van der Waals surface area contributed by atoms with Gasteiger partial charge in [0, 0.05) is 27.3 Å². The van der Waals surface area contributed by atoms with Gasteiger partial charge in [0.1, 0.15) is 0 Å². The molecule has 206 valence electrons. The van der Waals surface area contributed by atoms with Gasteiger partial charge < -0.3 is 0 Å². The average Bonchev–Trinajstić information content (AvgIpc) is 3.52. The van der Waals surface area contributed by atoms with E-state index in [0.717, 1.165) is 32.9 Å². The quantitative estimate of drug-likeness (QED) is 0.215. The second-order valence-corrected chi connectivity index (χ2v) is 11.6. The van der Waals surface area contributed by atoms with E-state index in [9.17, 15) is 10.5 Å². The lowest BCUT2D eigenvalue weighted by atomic mass is 9.82. The van der Waals surface area contributed by atoms with E-state index in [2.05, 4.69) is 74.5 Å². The molecule has 1 aliphatic rings. The van der Waals surface area contributed by atoms with E-state index in [4.69, 9.17) is 15.0 Å². The van der Waals surface area contributed by atoms with E-state index < -0.39 is 0 Å². The van der Waals surface area contributed by atoms with Crippen molar-refractivity contribution in [3.8, 4) is 52.0 Å². The molecule has 44 heavy (non-hydrogen) atoms. The van der Waals surface area contributed by atoms with Gasteiger partial charge in [-0.1, -0.05) is 80.6 Å². The summed E-state index contributed by atoms with van der Waals surface area (Å²) in [5.74, 6) is 1.48. The monoisotopic (exact) mass is 564 g/mol. The third kappa shape index (κ3) is 3.75. The van der Waals surface area contributed by atoms with Gasteiger partial charge in [0.15, 0.2) is 11.6 Å². The van der Waals surface area contributed by atoms with Crippen molar-refractivity contribution in [3.05, 3.63) is 131 Å². The first-order valence-corrected chi connectivity index (χ1v) is 14.4. The van der Waals surface area contributed by atoms with Crippen LogP contribution in [-0.4, -0.2) is 19.5 Å². The molecule has 8 rings (SSSR count). The lowest BCUT2D eigenvalue weighted by Crippen LogP contribution is -2.14. The van der Waals surface area contributed by atoms with E-state index in [1.807, 2.05) is 53.1 Å². The maximum atomic E-state index is 9.61. The molecule has 0 spiro atoms. The molecule has 0 saturated carbocycles. The third-order valence-electron chi connectivity index (χ3n) is 8.72. The molecule has 6 heteroatoms. The van der Waals surface area contributed by atoms with Gasteiger partial charge in [0.2, 0.25) is 5.95 Å². The fourth-order valence-electron chi connectivity index (χ4n) is 6.57. The Labute approximate surface area is 254 Å². The molecule has 0 radical (unpaired) electrons. The Bertz CT molecular complexity index is 2400. The summed E-state index contributed by atoms with van der Waals surface area (Å²) in [7, 11) is 0. The number of hydrogen-bond donors (Lipinski definition) is 0. The van der Waals surface area contributed by atoms with Crippen LogP contribution in [0.25, 0.3) is 61.7 Å². The second-order valence-electron chi connectivity index (χ2n) is 11.6. The minimum Gasteiger partial charge on any atom is -0.278 e. The summed E-state index contributed by atoms with van der Waals surface area (Å²) in [4.78, 5) is 15.0. The Balaban J connectivity index is 1.41. The smallest absolute Gasteiger partial charge is 0.238 e. The van der Waals surface area contributed by atoms with Crippen molar-refractivity contribution < 1.29 is 0 Å². The SMILES string of the molecule is CC1(C)c2ccccc2-c2cc(-c3nc(-c4cccc(C#N)c4)nc(-n4c5ccccc5c5cc(C#N)ccc54)n3)ccc21. The van der Waals surface area contributed by atoms with Crippen LogP contribution in [0, 0.1) is 22.7 Å². The Hall–Kier alpha value is -6.11. The molecule has 0 aliphatic heterocycles. The maximum Gasteiger partial charge on any atom is 0.238 e. The summed E-state index contributed by atoms with van der Waals surface area (Å²) in [6, 6.07) is 40.6. The van der Waals surface area contributed by atoms with Crippen LogP contribution in [0.1, 0.15) is 36.1 Å². The fraction of sp³-hybridized carbons (Fsp3) is 0.0789. The zero-order chi connectivity index (χ0) is 30.0. The summed E-state index contributed by atoms with van der Waals surface area (Å²) in [5, 5.41) is 21.2. The van der Waals surface area contributed by atoms with Gasteiger partial charge in [-0.2, -0.15) is 20.5 Å². The molecule has 2 heterocycles. The van der Waals surface area contributed by atoms with Gasteiger partial charge in [0.05, 0.1) is 34.3 Å². The minimum atomic E-state index is -0.108. The highest BCUT2D eigenvalue weighted by atomic mass is 15.2. The molecule has 2 aromatic heterocycles. The lowest BCUT2D eigenvalue weighted by molar-refractivity contribution is 0.660. The highest BCUT2D eigenvalue weighted by Crippen LogP contribution is 2.49. The van der Waals surface area contributed by atoms with Crippen LogP contribution in [0.4, 0.5) is 0 Å². The molecule has 0 N–H and O–H groups in total. The van der Waals surface area contributed by atoms with Crippen molar-refractivity contribution in [1.29, 1.82) is 10.5 Å². The van der Waals surface area contributed by atoms with Crippen LogP contribution in [0.15, 0.2) is 109 Å². The van der Waals surface area contributed by atoms with Gasteiger partial charge in [0.25, 0.3) is 0 Å². The summed E-state index contributed by atoms with van der Waals surface area (Å²) in [5.41, 5.74) is 9.42. The third-order valence-corrected chi connectivity index (χ3v) is 8.72. The van der Waals surface area contributed by atoms with Gasteiger partial charge >= 0.3 is 0 Å².